The Morgan fingerprint density at radius 1 is 1.56 bits per heavy atom. The minimum atomic E-state index is 0.0961. The number of anilines is 2. The van der Waals surface area contributed by atoms with E-state index in [1.165, 1.54) is 0 Å². The van der Waals surface area contributed by atoms with Gasteiger partial charge in [0.1, 0.15) is 5.82 Å². The Bertz CT molecular complexity index is 444. The van der Waals surface area contributed by atoms with Crippen LogP contribution in [0.5, 0.6) is 0 Å². The number of hydrogen-bond donors (Lipinski definition) is 2. The van der Waals surface area contributed by atoms with Crippen LogP contribution in [-0.2, 0) is 4.79 Å². The van der Waals surface area contributed by atoms with Crippen molar-refractivity contribution in [1.29, 1.82) is 0 Å². The second kappa shape index (κ2) is 5.44. The molecule has 0 aromatic carbocycles. The first-order valence-electron chi connectivity index (χ1n) is 5.99. The van der Waals surface area contributed by atoms with Crippen molar-refractivity contribution in [2.45, 2.75) is 12.8 Å². The molecule has 0 radical (unpaired) electrons. The zero-order valence-electron chi connectivity index (χ0n) is 10.3. The smallest absolute Gasteiger partial charge is 0.222 e. The number of nitrogens with one attached hydrogen (secondary N) is 1. The van der Waals surface area contributed by atoms with Gasteiger partial charge in [-0.1, -0.05) is 11.6 Å². The molecule has 1 aliphatic rings. The molecule has 0 aliphatic carbocycles. The molecule has 2 heterocycles. The predicted molar refractivity (Wildman–Crippen MR) is 72.7 cm³/mol. The van der Waals surface area contributed by atoms with Crippen molar-refractivity contribution in [3.8, 4) is 0 Å². The standard InChI is InChI=1S/C12H17ClN4O/c1-15-12(18)8-2-4-17(5-3-8)11-10(13)6-9(14)7-16-11/h6-8H,2-5,14H2,1H3,(H,15,18). The number of carbonyl (C=O) groups is 1. The van der Waals surface area contributed by atoms with Crippen molar-refractivity contribution >= 4 is 29.0 Å². The Morgan fingerprint density at radius 2 is 2.22 bits per heavy atom. The van der Waals surface area contributed by atoms with Crippen molar-refractivity contribution in [2.24, 2.45) is 5.92 Å². The predicted octanol–water partition coefficient (Wildman–Crippen LogP) is 1.28. The Morgan fingerprint density at radius 3 is 2.78 bits per heavy atom. The number of nitrogen functional groups attached to an aromatic ring is 1. The topological polar surface area (TPSA) is 71.2 Å². The van der Waals surface area contributed by atoms with E-state index in [2.05, 4.69) is 15.2 Å². The van der Waals surface area contributed by atoms with Gasteiger partial charge in [0.2, 0.25) is 5.91 Å². The van der Waals surface area contributed by atoms with E-state index in [1.807, 2.05) is 0 Å². The lowest BCUT2D eigenvalue weighted by Gasteiger charge is -2.32. The molecule has 0 saturated carbocycles. The average Bonchev–Trinajstić information content (AvgIpc) is 2.38. The number of carbonyl (C=O) groups excluding carboxylic acids is 1. The van der Waals surface area contributed by atoms with Gasteiger partial charge in [-0.15, -0.1) is 0 Å². The van der Waals surface area contributed by atoms with Crippen LogP contribution in [0, 0.1) is 5.92 Å². The van der Waals surface area contributed by atoms with Crippen LogP contribution in [0.15, 0.2) is 12.3 Å². The molecule has 3 N–H and O–H groups in total. The van der Waals surface area contributed by atoms with Crippen LogP contribution in [0.2, 0.25) is 5.02 Å². The Balaban J connectivity index is 2.03. The maximum Gasteiger partial charge on any atom is 0.222 e. The van der Waals surface area contributed by atoms with Crippen LogP contribution in [0.1, 0.15) is 12.8 Å². The molecular weight excluding hydrogens is 252 g/mol. The molecule has 1 amide bonds. The molecule has 1 aromatic rings. The summed E-state index contributed by atoms with van der Waals surface area (Å²) in [4.78, 5) is 17.9. The van der Waals surface area contributed by atoms with Gasteiger partial charge >= 0.3 is 0 Å². The van der Waals surface area contributed by atoms with Gasteiger partial charge in [0.15, 0.2) is 0 Å². The SMILES string of the molecule is CNC(=O)C1CCN(c2ncc(N)cc2Cl)CC1. The molecule has 0 unspecified atom stereocenters. The molecule has 98 valence electrons. The monoisotopic (exact) mass is 268 g/mol. The molecule has 18 heavy (non-hydrogen) atoms. The van der Waals surface area contributed by atoms with Crippen molar-refractivity contribution < 1.29 is 4.79 Å². The fraction of sp³-hybridized carbons (Fsp3) is 0.500. The Hall–Kier alpha value is -1.49. The molecule has 1 aliphatic heterocycles. The van der Waals surface area contributed by atoms with Gasteiger partial charge in [-0.3, -0.25) is 4.79 Å². The number of nitrogens with zero attached hydrogens (tertiary/aromatic N) is 2. The molecule has 6 heteroatoms. The van der Waals surface area contributed by atoms with E-state index >= 15 is 0 Å². The van der Waals surface area contributed by atoms with Gasteiger partial charge in [0.05, 0.1) is 16.9 Å². The number of rotatable bonds is 2. The second-order valence-electron chi connectivity index (χ2n) is 4.45. The van der Waals surface area contributed by atoms with Crippen molar-refractivity contribution in [2.75, 3.05) is 30.8 Å². The molecule has 0 spiro atoms. The van der Waals surface area contributed by atoms with Gasteiger partial charge in [0.25, 0.3) is 0 Å². The lowest BCUT2D eigenvalue weighted by atomic mass is 9.96. The highest BCUT2D eigenvalue weighted by Crippen LogP contribution is 2.28. The number of nitrogens with two attached hydrogens (primary N) is 1. The fourth-order valence-electron chi connectivity index (χ4n) is 2.24. The zero-order chi connectivity index (χ0) is 13.1. The summed E-state index contributed by atoms with van der Waals surface area (Å²) < 4.78 is 0. The van der Waals surface area contributed by atoms with Gasteiger partial charge in [0, 0.05) is 26.1 Å². The first-order valence-corrected chi connectivity index (χ1v) is 6.37. The summed E-state index contributed by atoms with van der Waals surface area (Å²) in [5.74, 6) is 0.964. The number of aromatic nitrogens is 1. The molecule has 1 aromatic heterocycles. The molecule has 1 fully saturated rings. The van der Waals surface area contributed by atoms with Crippen molar-refractivity contribution in [1.82, 2.24) is 10.3 Å². The van der Waals surface area contributed by atoms with Gasteiger partial charge in [-0.05, 0) is 18.9 Å². The van der Waals surface area contributed by atoms with Crippen LogP contribution < -0.4 is 16.0 Å². The lowest BCUT2D eigenvalue weighted by Crippen LogP contribution is -2.40. The number of hydrogen-bond acceptors (Lipinski definition) is 4. The number of piperidine rings is 1. The highest BCUT2D eigenvalue weighted by Gasteiger charge is 2.25. The number of pyridine rings is 1. The molecule has 1 saturated heterocycles. The first-order chi connectivity index (χ1) is 8.61. The largest absolute Gasteiger partial charge is 0.397 e. The average molecular weight is 269 g/mol. The first kappa shape index (κ1) is 13.0. The van der Waals surface area contributed by atoms with Gasteiger partial charge < -0.3 is 16.0 Å². The summed E-state index contributed by atoms with van der Waals surface area (Å²) >= 11 is 6.13. The molecular formula is C12H17ClN4O. The maximum absolute atomic E-state index is 11.5. The summed E-state index contributed by atoms with van der Waals surface area (Å²) in [5.41, 5.74) is 6.18. The van der Waals surface area contributed by atoms with E-state index in [-0.39, 0.29) is 11.8 Å². The minimum Gasteiger partial charge on any atom is -0.397 e. The van der Waals surface area contributed by atoms with Crippen LogP contribution in [-0.4, -0.2) is 31.0 Å². The van der Waals surface area contributed by atoms with Crippen molar-refractivity contribution in [3.05, 3.63) is 17.3 Å². The second-order valence-corrected chi connectivity index (χ2v) is 4.86. The number of halogens is 1. The van der Waals surface area contributed by atoms with Crippen LogP contribution >= 0.6 is 11.6 Å². The molecule has 0 atom stereocenters. The summed E-state index contributed by atoms with van der Waals surface area (Å²) in [5, 5.41) is 3.26. The summed E-state index contributed by atoms with van der Waals surface area (Å²) in [6.45, 7) is 1.57. The van der Waals surface area contributed by atoms with Gasteiger partial charge in [-0.25, -0.2) is 4.98 Å². The van der Waals surface area contributed by atoms with E-state index in [0.29, 0.717) is 10.7 Å². The van der Waals surface area contributed by atoms with E-state index in [0.717, 1.165) is 31.7 Å². The van der Waals surface area contributed by atoms with Crippen LogP contribution in [0.4, 0.5) is 11.5 Å². The zero-order valence-corrected chi connectivity index (χ0v) is 11.1. The normalized spacial score (nSPS) is 16.7. The fourth-order valence-corrected chi connectivity index (χ4v) is 2.53. The van der Waals surface area contributed by atoms with Gasteiger partial charge in [-0.2, -0.15) is 0 Å². The molecule has 0 bridgehead atoms. The third-order valence-corrected chi connectivity index (χ3v) is 3.53. The molecule has 5 nitrogen and oxygen atoms in total. The van der Waals surface area contributed by atoms with E-state index < -0.39 is 0 Å². The highest BCUT2D eigenvalue weighted by atomic mass is 35.5. The maximum atomic E-state index is 11.5. The Kier molecular flexibility index (Phi) is 3.91. The summed E-state index contributed by atoms with van der Waals surface area (Å²) in [6, 6.07) is 1.70. The van der Waals surface area contributed by atoms with Crippen LogP contribution in [0.3, 0.4) is 0 Å². The third kappa shape index (κ3) is 2.67. The van der Waals surface area contributed by atoms with E-state index in [4.69, 9.17) is 17.3 Å². The number of amides is 1. The van der Waals surface area contributed by atoms with E-state index in [9.17, 15) is 4.79 Å². The minimum absolute atomic E-state index is 0.0961. The van der Waals surface area contributed by atoms with Crippen molar-refractivity contribution in [3.63, 3.8) is 0 Å². The summed E-state index contributed by atoms with van der Waals surface area (Å²) in [6.07, 6.45) is 3.25. The lowest BCUT2D eigenvalue weighted by molar-refractivity contribution is -0.125. The third-order valence-electron chi connectivity index (χ3n) is 3.25. The molecule has 2 rings (SSSR count). The Labute approximate surface area is 111 Å². The summed E-state index contributed by atoms with van der Waals surface area (Å²) in [7, 11) is 1.67. The quantitative estimate of drug-likeness (QED) is 0.848. The highest BCUT2D eigenvalue weighted by molar-refractivity contribution is 6.33. The van der Waals surface area contributed by atoms with E-state index in [1.54, 1.807) is 19.3 Å². The van der Waals surface area contributed by atoms with Crippen LogP contribution in [0.25, 0.3) is 0 Å².